The highest BCUT2D eigenvalue weighted by molar-refractivity contribution is 6.34. The van der Waals surface area contributed by atoms with E-state index in [-0.39, 0.29) is 28.8 Å². The molecule has 2 aromatic carbocycles. The zero-order valence-electron chi connectivity index (χ0n) is 16.2. The Morgan fingerprint density at radius 3 is 2.65 bits per heavy atom. The highest BCUT2D eigenvalue weighted by atomic mass is 35.5. The third kappa shape index (κ3) is 4.08. The molecule has 1 amide bonds. The van der Waals surface area contributed by atoms with Crippen LogP contribution in [0, 0.1) is 22.9 Å². The SMILES string of the molecule is Cc1nn(CC(=O)Nc2ccc([N+](=O)[O-])cc2Cl)c2nccc(-c3ccc(F)cc3)c12. The second-order valence-corrected chi connectivity index (χ2v) is 7.18. The van der Waals surface area contributed by atoms with Crippen LogP contribution >= 0.6 is 11.6 Å². The number of non-ortho nitro benzene ring substituents is 1. The summed E-state index contributed by atoms with van der Waals surface area (Å²) in [6.45, 7) is 1.66. The van der Waals surface area contributed by atoms with E-state index in [4.69, 9.17) is 11.6 Å². The average molecular weight is 440 g/mol. The van der Waals surface area contributed by atoms with Gasteiger partial charge in [0.15, 0.2) is 5.65 Å². The maximum absolute atomic E-state index is 13.3. The van der Waals surface area contributed by atoms with Gasteiger partial charge in [0.1, 0.15) is 12.4 Å². The lowest BCUT2D eigenvalue weighted by Crippen LogP contribution is -2.20. The molecule has 8 nitrogen and oxygen atoms in total. The highest BCUT2D eigenvalue weighted by Gasteiger charge is 2.17. The van der Waals surface area contributed by atoms with E-state index in [9.17, 15) is 19.3 Å². The van der Waals surface area contributed by atoms with E-state index < -0.39 is 10.8 Å². The molecule has 10 heteroatoms. The number of carbonyl (C=O) groups excluding carboxylic acids is 1. The monoisotopic (exact) mass is 439 g/mol. The predicted octanol–water partition coefficient (Wildman–Crippen LogP) is 4.75. The number of anilines is 1. The Balaban J connectivity index is 1.62. The molecule has 0 saturated heterocycles. The Kier molecular flexibility index (Phi) is 5.35. The largest absolute Gasteiger partial charge is 0.323 e. The fraction of sp³-hybridized carbons (Fsp3) is 0.0952. The van der Waals surface area contributed by atoms with Crippen molar-refractivity contribution in [2.75, 3.05) is 5.32 Å². The predicted molar refractivity (Wildman–Crippen MR) is 114 cm³/mol. The third-order valence-corrected chi connectivity index (χ3v) is 5.01. The van der Waals surface area contributed by atoms with E-state index >= 15 is 0 Å². The molecule has 0 fully saturated rings. The average Bonchev–Trinajstić information content (AvgIpc) is 3.05. The van der Waals surface area contributed by atoms with E-state index in [2.05, 4.69) is 15.4 Å². The maximum Gasteiger partial charge on any atom is 0.271 e. The number of amides is 1. The molecule has 2 aromatic heterocycles. The van der Waals surface area contributed by atoms with Crippen molar-refractivity contribution in [3.8, 4) is 11.1 Å². The van der Waals surface area contributed by atoms with E-state index in [1.807, 2.05) is 6.07 Å². The van der Waals surface area contributed by atoms with Crippen molar-refractivity contribution in [1.82, 2.24) is 14.8 Å². The van der Waals surface area contributed by atoms with Gasteiger partial charge in [0.05, 0.1) is 21.3 Å². The number of nitrogens with zero attached hydrogens (tertiary/aromatic N) is 4. The van der Waals surface area contributed by atoms with Gasteiger partial charge >= 0.3 is 0 Å². The van der Waals surface area contributed by atoms with Crippen LogP contribution in [0.2, 0.25) is 5.02 Å². The summed E-state index contributed by atoms with van der Waals surface area (Å²) in [4.78, 5) is 27.2. The van der Waals surface area contributed by atoms with Crippen LogP contribution < -0.4 is 5.32 Å². The molecule has 156 valence electrons. The number of aromatic nitrogens is 3. The molecular formula is C21H15ClFN5O3. The first kappa shape index (κ1) is 20.4. The molecule has 4 aromatic rings. The number of hydrogen-bond donors (Lipinski definition) is 1. The van der Waals surface area contributed by atoms with E-state index in [1.54, 1.807) is 25.3 Å². The highest BCUT2D eigenvalue weighted by Crippen LogP contribution is 2.30. The maximum atomic E-state index is 13.3. The van der Waals surface area contributed by atoms with Gasteiger partial charge in [0.2, 0.25) is 5.91 Å². The number of aryl methyl sites for hydroxylation is 1. The Morgan fingerprint density at radius 2 is 1.97 bits per heavy atom. The summed E-state index contributed by atoms with van der Waals surface area (Å²) >= 11 is 6.04. The zero-order valence-corrected chi connectivity index (χ0v) is 16.9. The van der Waals surface area contributed by atoms with Crippen LogP contribution in [0.15, 0.2) is 54.7 Å². The second-order valence-electron chi connectivity index (χ2n) is 6.78. The first-order valence-corrected chi connectivity index (χ1v) is 9.53. The number of nitrogens with one attached hydrogen (secondary N) is 1. The van der Waals surface area contributed by atoms with Crippen LogP contribution in [0.5, 0.6) is 0 Å². The van der Waals surface area contributed by atoms with Gasteiger partial charge in [0, 0.05) is 23.7 Å². The topological polar surface area (TPSA) is 103 Å². The van der Waals surface area contributed by atoms with Gasteiger partial charge < -0.3 is 5.32 Å². The number of carbonyl (C=O) groups is 1. The van der Waals surface area contributed by atoms with Gasteiger partial charge in [-0.25, -0.2) is 14.1 Å². The summed E-state index contributed by atoms with van der Waals surface area (Å²) in [7, 11) is 0. The summed E-state index contributed by atoms with van der Waals surface area (Å²) in [5.41, 5.74) is 2.89. The molecule has 1 N–H and O–H groups in total. The summed E-state index contributed by atoms with van der Waals surface area (Å²) in [6.07, 6.45) is 1.60. The van der Waals surface area contributed by atoms with Crippen LogP contribution in [-0.2, 0) is 11.3 Å². The van der Waals surface area contributed by atoms with E-state index in [0.717, 1.165) is 16.5 Å². The molecule has 0 aliphatic carbocycles. The fourth-order valence-corrected chi connectivity index (χ4v) is 3.53. The number of benzene rings is 2. The van der Waals surface area contributed by atoms with Crippen molar-refractivity contribution in [3.63, 3.8) is 0 Å². The van der Waals surface area contributed by atoms with Crippen LogP contribution in [0.4, 0.5) is 15.8 Å². The van der Waals surface area contributed by atoms with Crippen molar-refractivity contribution in [2.24, 2.45) is 0 Å². The van der Waals surface area contributed by atoms with Gasteiger partial charge in [0.25, 0.3) is 5.69 Å². The lowest BCUT2D eigenvalue weighted by atomic mass is 10.0. The molecule has 0 spiro atoms. The van der Waals surface area contributed by atoms with Gasteiger partial charge in [-0.2, -0.15) is 5.10 Å². The molecular weight excluding hydrogens is 425 g/mol. The number of hydrogen-bond acceptors (Lipinski definition) is 5. The van der Waals surface area contributed by atoms with Gasteiger partial charge in [-0.05, 0) is 42.3 Å². The third-order valence-electron chi connectivity index (χ3n) is 4.69. The first-order chi connectivity index (χ1) is 14.8. The summed E-state index contributed by atoms with van der Waals surface area (Å²) < 4.78 is 14.8. The van der Waals surface area contributed by atoms with Crippen LogP contribution in [-0.4, -0.2) is 25.6 Å². The minimum Gasteiger partial charge on any atom is -0.323 e. The number of pyridine rings is 1. The Hall–Kier alpha value is -3.85. The Labute approximate surface area is 180 Å². The smallest absolute Gasteiger partial charge is 0.271 e. The van der Waals surface area contributed by atoms with Crippen molar-refractivity contribution < 1.29 is 14.1 Å². The normalized spacial score (nSPS) is 10.9. The number of nitro benzene ring substituents is 1. The molecule has 0 unspecified atom stereocenters. The Morgan fingerprint density at radius 1 is 1.23 bits per heavy atom. The molecule has 0 radical (unpaired) electrons. The summed E-state index contributed by atoms with van der Waals surface area (Å²) in [5.74, 6) is -0.753. The molecule has 0 bridgehead atoms. The number of rotatable bonds is 5. The first-order valence-electron chi connectivity index (χ1n) is 9.15. The minimum absolute atomic E-state index is 0.0563. The Bertz CT molecular complexity index is 1320. The lowest BCUT2D eigenvalue weighted by molar-refractivity contribution is -0.384. The van der Waals surface area contributed by atoms with Crippen LogP contribution in [0.25, 0.3) is 22.2 Å². The number of fused-ring (bicyclic) bond motifs is 1. The molecule has 0 atom stereocenters. The van der Waals surface area contributed by atoms with Crippen molar-refractivity contribution in [2.45, 2.75) is 13.5 Å². The number of nitro groups is 1. The van der Waals surface area contributed by atoms with Crippen molar-refractivity contribution in [1.29, 1.82) is 0 Å². The quantitative estimate of drug-likeness (QED) is 0.357. The minimum atomic E-state index is -0.569. The summed E-state index contributed by atoms with van der Waals surface area (Å²) in [5, 5.41) is 18.7. The lowest BCUT2D eigenvalue weighted by Gasteiger charge is -2.08. The molecule has 0 aliphatic heterocycles. The molecule has 31 heavy (non-hydrogen) atoms. The van der Waals surface area contributed by atoms with Crippen LogP contribution in [0.3, 0.4) is 0 Å². The van der Waals surface area contributed by atoms with Gasteiger partial charge in [-0.1, -0.05) is 23.7 Å². The molecule has 0 saturated carbocycles. The molecule has 0 aliphatic rings. The molecule has 2 heterocycles. The molecule has 4 rings (SSSR count). The second kappa shape index (κ2) is 8.11. The number of halogens is 2. The van der Waals surface area contributed by atoms with Gasteiger partial charge in [-0.15, -0.1) is 0 Å². The zero-order chi connectivity index (χ0) is 22.1. The van der Waals surface area contributed by atoms with E-state index in [1.165, 1.54) is 35.0 Å². The van der Waals surface area contributed by atoms with Crippen LogP contribution in [0.1, 0.15) is 5.69 Å². The summed E-state index contributed by atoms with van der Waals surface area (Å²) in [6, 6.07) is 11.7. The van der Waals surface area contributed by atoms with Crippen molar-refractivity contribution >= 4 is 39.9 Å². The van der Waals surface area contributed by atoms with Gasteiger partial charge in [-0.3, -0.25) is 14.9 Å². The standard InChI is InChI=1S/C21H15ClFN5O3/c1-12-20-16(13-2-4-14(23)5-3-13)8-9-24-21(20)27(26-12)11-19(29)25-18-7-6-15(28(30)31)10-17(18)22/h2-10H,11H2,1H3,(H,25,29). The van der Waals surface area contributed by atoms with E-state index in [0.29, 0.717) is 11.3 Å². The van der Waals surface area contributed by atoms with Crippen molar-refractivity contribution in [3.05, 3.63) is 81.4 Å². The fourth-order valence-electron chi connectivity index (χ4n) is 3.31.